The maximum Gasteiger partial charge on any atom is 0.163 e. The van der Waals surface area contributed by atoms with Crippen LogP contribution in [0.4, 0.5) is 0 Å². The monoisotopic (exact) mass is 164 g/mol. The van der Waals surface area contributed by atoms with Crippen molar-refractivity contribution in [3.8, 4) is 0 Å². The van der Waals surface area contributed by atoms with Crippen LogP contribution in [0.5, 0.6) is 0 Å². The van der Waals surface area contributed by atoms with Gasteiger partial charge in [-0.05, 0) is 13.5 Å². The minimum Gasteiger partial charge on any atom is -0.357 e. The third-order valence-corrected chi connectivity index (χ3v) is 2.10. The number of hydrogen-bond acceptors (Lipinski definition) is 3. The number of rotatable bonds is 1. The molecule has 0 amide bonds. The number of likely N-dealkylation sites (N-methyl/N-ethyl adjacent to an activating group) is 1. The van der Waals surface area contributed by atoms with Gasteiger partial charge < -0.3 is 9.42 Å². The first kappa shape index (κ1) is 7.55. The zero-order valence-corrected chi connectivity index (χ0v) is 7.16. The van der Waals surface area contributed by atoms with Gasteiger partial charge in [0.2, 0.25) is 0 Å². The van der Waals surface area contributed by atoms with E-state index < -0.39 is 0 Å². The van der Waals surface area contributed by atoms with E-state index in [1.165, 1.54) is 5.57 Å². The Bertz CT molecular complexity index is 277. The molecule has 2 rings (SSSR count). The van der Waals surface area contributed by atoms with E-state index in [4.69, 9.17) is 4.52 Å². The molecule has 0 atom stereocenters. The zero-order chi connectivity index (χ0) is 8.39. The molecule has 1 aliphatic rings. The minimum atomic E-state index is 0.904. The molecule has 1 aromatic heterocycles. The third kappa shape index (κ3) is 1.41. The van der Waals surface area contributed by atoms with Crippen LogP contribution in [0.3, 0.4) is 0 Å². The Labute approximate surface area is 71.7 Å². The van der Waals surface area contributed by atoms with Crippen molar-refractivity contribution in [2.45, 2.75) is 6.42 Å². The average molecular weight is 164 g/mol. The van der Waals surface area contributed by atoms with Crippen LogP contribution in [0.2, 0.25) is 0 Å². The quantitative estimate of drug-likeness (QED) is 0.628. The van der Waals surface area contributed by atoms with Crippen LogP contribution >= 0.6 is 0 Å². The fourth-order valence-corrected chi connectivity index (χ4v) is 1.45. The Balaban J connectivity index is 2.19. The van der Waals surface area contributed by atoms with Crippen LogP contribution in [0, 0.1) is 0 Å². The molecule has 2 heterocycles. The second-order valence-electron chi connectivity index (χ2n) is 3.13. The van der Waals surface area contributed by atoms with E-state index in [1.54, 1.807) is 6.20 Å². The van der Waals surface area contributed by atoms with Gasteiger partial charge in [0.25, 0.3) is 0 Å². The molecule has 0 spiro atoms. The fraction of sp³-hybridized carbons (Fsp3) is 0.444. The third-order valence-electron chi connectivity index (χ3n) is 2.10. The Kier molecular flexibility index (Phi) is 1.96. The molecule has 0 radical (unpaired) electrons. The minimum absolute atomic E-state index is 0.904. The summed E-state index contributed by atoms with van der Waals surface area (Å²) in [7, 11) is 2.11. The molecule has 0 aromatic carbocycles. The summed E-state index contributed by atoms with van der Waals surface area (Å²) in [6, 6.07) is 1.91. The van der Waals surface area contributed by atoms with E-state index >= 15 is 0 Å². The number of hydrogen-bond donors (Lipinski definition) is 0. The molecule has 0 unspecified atom stereocenters. The lowest BCUT2D eigenvalue weighted by atomic mass is 10.1. The molecule has 0 saturated carbocycles. The second kappa shape index (κ2) is 3.11. The number of aromatic nitrogens is 1. The largest absolute Gasteiger partial charge is 0.357 e. The lowest BCUT2D eigenvalue weighted by Gasteiger charge is -2.21. The standard InChI is InChI=1S/C9H12N2O/c1-11-6-2-3-8(7-11)9-4-5-10-12-9/h3-5H,2,6-7H2,1H3. The molecule has 0 aliphatic carbocycles. The van der Waals surface area contributed by atoms with Gasteiger partial charge in [0.1, 0.15) is 0 Å². The Hall–Kier alpha value is -1.09. The van der Waals surface area contributed by atoms with Gasteiger partial charge in [-0.25, -0.2) is 0 Å². The Morgan fingerprint density at radius 3 is 3.17 bits per heavy atom. The number of nitrogens with zero attached hydrogens (tertiary/aromatic N) is 2. The summed E-state index contributed by atoms with van der Waals surface area (Å²) in [5, 5.41) is 3.69. The van der Waals surface area contributed by atoms with E-state index in [1.807, 2.05) is 6.07 Å². The van der Waals surface area contributed by atoms with Gasteiger partial charge in [-0.2, -0.15) is 0 Å². The lowest BCUT2D eigenvalue weighted by Crippen LogP contribution is -2.24. The summed E-state index contributed by atoms with van der Waals surface area (Å²) >= 11 is 0. The maximum absolute atomic E-state index is 5.08. The van der Waals surface area contributed by atoms with Crippen molar-refractivity contribution in [2.24, 2.45) is 0 Å². The predicted octanol–water partition coefficient (Wildman–Crippen LogP) is 1.39. The molecular formula is C9H12N2O. The van der Waals surface area contributed by atoms with Crippen LogP contribution in [0.1, 0.15) is 12.2 Å². The van der Waals surface area contributed by atoms with Crippen LogP contribution in [-0.4, -0.2) is 30.2 Å². The van der Waals surface area contributed by atoms with Crippen molar-refractivity contribution in [2.75, 3.05) is 20.1 Å². The van der Waals surface area contributed by atoms with Crippen LogP contribution in [0.15, 0.2) is 22.9 Å². The van der Waals surface area contributed by atoms with E-state index in [9.17, 15) is 0 Å². The molecule has 12 heavy (non-hydrogen) atoms. The lowest BCUT2D eigenvalue weighted by molar-refractivity contribution is 0.359. The van der Waals surface area contributed by atoms with Gasteiger partial charge in [-0.3, -0.25) is 0 Å². The molecule has 0 fully saturated rings. The molecule has 0 saturated heterocycles. The van der Waals surface area contributed by atoms with Gasteiger partial charge in [0, 0.05) is 24.7 Å². The van der Waals surface area contributed by atoms with Crippen LogP contribution in [0.25, 0.3) is 5.57 Å². The first-order valence-electron chi connectivity index (χ1n) is 4.15. The SMILES string of the molecule is CN1CCC=C(c2ccno2)C1. The van der Waals surface area contributed by atoms with Crippen molar-refractivity contribution in [1.29, 1.82) is 0 Å². The second-order valence-corrected chi connectivity index (χ2v) is 3.13. The van der Waals surface area contributed by atoms with Crippen molar-refractivity contribution < 1.29 is 4.52 Å². The highest BCUT2D eigenvalue weighted by molar-refractivity contribution is 5.63. The molecule has 0 N–H and O–H groups in total. The van der Waals surface area contributed by atoms with Crippen molar-refractivity contribution in [3.63, 3.8) is 0 Å². The molecule has 3 heteroatoms. The summed E-state index contributed by atoms with van der Waals surface area (Å²) < 4.78 is 5.08. The highest BCUT2D eigenvalue weighted by Crippen LogP contribution is 2.18. The molecule has 0 bridgehead atoms. The molecular weight excluding hydrogens is 152 g/mol. The molecule has 1 aromatic rings. The first-order valence-corrected chi connectivity index (χ1v) is 4.15. The summed E-state index contributed by atoms with van der Waals surface area (Å²) in [6.45, 7) is 2.10. The van der Waals surface area contributed by atoms with Gasteiger partial charge in [-0.1, -0.05) is 11.2 Å². The average Bonchev–Trinajstić information content (AvgIpc) is 2.56. The highest BCUT2D eigenvalue weighted by atomic mass is 16.5. The Morgan fingerprint density at radius 2 is 2.50 bits per heavy atom. The van der Waals surface area contributed by atoms with E-state index in [2.05, 4.69) is 23.2 Å². The predicted molar refractivity (Wildman–Crippen MR) is 46.6 cm³/mol. The zero-order valence-electron chi connectivity index (χ0n) is 7.16. The van der Waals surface area contributed by atoms with E-state index in [0.29, 0.717) is 0 Å². The highest BCUT2D eigenvalue weighted by Gasteiger charge is 2.12. The van der Waals surface area contributed by atoms with Crippen molar-refractivity contribution >= 4 is 5.57 Å². The van der Waals surface area contributed by atoms with Gasteiger partial charge in [0.15, 0.2) is 5.76 Å². The summed E-state index contributed by atoms with van der Waals surface area (Å²) in [4.78, 5) is 2.28. The molecule has 64 valence electrons. The molecule has 3 nitrogen and oxygen atoms in total. The summed E-state index contributed by atoms with van der Waals surface area (Å²) in [6.07, 6.45) is 5.01. The van der Waals surface area contributed by atoms with Gasteiger partial charge >= 0.3 is 0 Å². The topological polar surface area (TPSA) is 29.3 Å². The first-order chi connectivity index (χ1) is 5.86. The van der Waals surface area contributed by atoms with E-state index in [-0.39, 0.29) is 0 Å². The van der Waals surface area contributed by atoms with Gasteiger partial charge in [0.05, 0.1) is 6.20 Å². The molecule has 1 aliphatic heterocycles. The van der Waals surface area contributed by atoms with Crippen molar-refractivity contribution in [1.82, 2.24) is 10.1 Å². The smallest absolute Gasteiger partial charge is 0.163 e. The van der Waals surface area contributed by atoms with E-state index in [0.717, 1.165) is 25.3 Å². The fourth-order valence-electron chi connectivity index (χ4n) is 1.45. The van der Waals surface area contributed by atoms with Gasteiger partial charge in [-0.15, -0.1) is 0 Å². The van der Waals surface area contributed by atoms with Crippen LogP contribution < -0.4 is 0 Å². The normalized spacial score (nSPS) is 19.2. The maximum atomic E-state index is 5.08. The Morgan fingerprint density at radius 1 is 1.58 bits per heavy atom. The van der Waals surface area contributed by atoms with Crippen LogP contribution in [-0.2, 0) is 0 Å². The summed E-state index contributed by atoms with van der Waals surface area (Å²) in [5.74, 6) is 0.904. The van der Waals surface area contributed by atoms with Crippen molar-refractivity contribution in [3.05, 3.63) is 24.1 Å². The summed E-state index contributed by atoms with van der Waals surface area (Å²) in [5.41, 5.74) is 1.25.